The van der Waals surface area contributed by atoms with Crippen molar-refractivity contribution in [1.82, 2.24) is 45.5 Å². The first kappa shape index (κ1) is 74.7. The number of hydrogen-bond acceptors (Lipinski definition) is 25. The van der Waals surface area contributed by atoms with E-state index in [0.717, 1.165) is 18.6 Å². The number of amides is 3. The summed E-state index contributed by atoms with van der Waals surface area (Å²) in [7, 11) is 0. The molecule has 0 aliphatic carbocycles. The smallest absolute Gasteiger partial charge is 0.370 e. The van der Waals surface area contributed by atoms with E-state index in [4.69, 9.17) is 60.8 Å². The number of aliphatic hydroxyl groups excluding tert-OH is 4. The molecule has 36 heteroatoms. The molecule has 4 heterocycles. The SMILES string of the molecule is CCCOCCOCCOCCOCCC(=O)N(CCn1cc(CCNC(=O)CO[C@@H]([C@@H]2OC(C(=O)O)=C[C@H](N=C(N)N)[C@H]2CC(C)=O)[C@H](O)CO)nn1)CCn1cc(CCNC(=O)CO[C@@H]([C@@H]2OC(C(=O)O)=C[C@H](N=C(N)N)[C@H]2CC(C)=O)[C@H](O)CO)nn1. The lowest BCUT2D eigenvalue weighted by Gasteiger charge is -2.39. The number of nitrogens with one attached hydrogen (secondary N) is 2. The highest BCUT2D eigenvalue weighted by Crippen LogP contribution is 2.35. The van der Waals surface area contributed by atoms with Gasteiger partial charge in [-0.15, -0.1) is 10.2 Å². The molecular weight excluding hydrogens is 1190 g/mol. The number of aromatic nitrogens is 6. The predicted molar refractivity (Wildman–Crippen MR) is 312 cm³/mol. The standard InChI is InChI=1S/C54H87N15O21/c1-4-14-83-16-18-85-20-21-86-19-17-84-15-7-46(78)67(10-12-68-26-34(63-65-68)5-8-59-44(76)30-87-49(40(74)28-70)47-36(22-32(2)72)38(61-53(55)56)24-42(89-47)51(79)80)11-13-69-27-35(64-66-69)6-9-60-45(77)31-88-50(41(75)29-71)48-37(23-33(3)73)39(62-54(57)58)25-43(90-48)52(81)82/h24-27,36-41,47-50,70-71,74-75H,4-23,28-31H2,1-3H3,(H,59,76)(H,60,77)(H,79,80)(H,81,82)(H4,55,56,61)(H4,57,58,62)/t36-,37-,38+,39+,40-,41-,47-,48-,49-,50-/m1/s1. The van der Waals surface area contributed by atoms with Crippen LogP contribution in [0.4, 0.5) is 0 Å². The Labute approximate surface area is 518 Å². The molecule has 504 valence electrons. The molecule has 0 unspecified atom stereocenters. The highest BCUT2D eigenvalue weighted by atomic mass is 16.6. The Balaban J connectivity index is 1.33. The summed E-state index contributed by atoms with van der Waals surface area (Å²) in [6, 6.07) is -2.19. The van der Waals surface area contributed by atoms with Gasteiger partial charge in [0.15, 0.2) is 11.9 Å². The lowest BCUT2D eigenvalue weighted by atomic mass is 9.82. The second-order valence-corrected chi connectivity index (χ2v) is 20.8. The van der Waals surface area contributed by atoms with Crippen molar-refractivity contribution < 1.29 is 102 Å². The minimum atomic E-state index is -1.70. The zero-order valence-corrected chi connectivity index (χ0v) is 50.7. The maximum absolute atomic E-state index is 13.7. The van der Waals surface area contributed by atoms with Crippen LogP contribution in [0.5, 0.6) is 0 Å². The molecule has 0 spiro atoms. The number of aliphatic imine (C=N–C) groups is 2. The Kier molecular flexibility index (Phi) is 33.2. The van der Waals surface area contributed by atoms with Gasteiger partial charge < -0.3 is 117 Å². The maximum atomic E-state index is 13.7. The van der Waals surface area contributed by atoms with Crippen molar-refractivity contribution in [3.63, 3.8) is 0 Å². The first-order valence-corrected chi connectivity index (χ1v) is 29.1. The number of carboxylic acids is 2. The molecule has 16 N–H and O–H groups in total. The molecule has 0 fully saturated rings. The number of rotatable bonds is 46. The second kappa shape index (κ2) is 40.0. The van der Waals surface area contributed by atoms with Gasteiger partial charge in [-0.2, -0.15) is 0 Å². The zero-order chi connectivity index (χ0) is 66.1. The van der Waals surface area contributed by atoms with Crippen molar-refractivity contribution in [2.45, 2.75) is 121 Å². The molecule has 0 saturated carbocycles. The normalized spacial score (nSPS) is 19.3. The largest absolute Gasteiger partial charge is 0.480 e. The third-order valence-electron chi connectivity index (χ3n) is 13.6. The molecule has 10 atom stereocenters. The number of aliphatic hydroxyl groups is 4. The molecule has 0 radical (unpaired) electrons. The Morgan fingerprint density at radius 1 is 0.633 bits per heavy atom. The van der Waals surface area contributed by atoms with Crippen LogP contribution in [-0.4, -0.2) is 273 Å². The summed E-state index contributed by atoms with van der Waals surface area (Å²) in [5, 5.41) is 82.9. The third kappa shape index (κ3) is 26.7. The van der Waals surface area contributed by atoms with E-state index in [0.29, 0.717) is 44.4 Å². The van der Waals surface area contributed by atoms with Gasteiger partial charge in [-0.1, -0.05) is 17.4 Å². The molecule has 2 aromatic rings. The Bertz CT molecular complexity index is 2560. The summed E-state index contributed by atoms with van der Waals surface area (Å²) in [4.78, 5) is 98.1. The van der Waals surface area contributed by atoms with Crippen molar-refractivity contribution in [3.05, 3.63) is 47.5 Å². The summed E-state index contributed by atoms with van der Waals surface area (Å²) in [5.74, 6) is -9.27. The number of ketones is 2. The minimum Gasteiger partial charge on any atom is -0.480 e. The average molecular weight is 1280 g/mol. The second-order valence-electron chi connectivity index (χ2n) is 20.8. The number of nitrogens with zero attached hydrogens (tertiary/aromatic N) is 9. The highest BCUT2D eigenvalue weighted by Gasteiger charge is 2.47. The first-order valence-electron chi connectivity index (χ1n) is 29.1. The molecular formula is C54H87N15O21. The molecule has 0 saturated heterocycles. The molecule has 90 heavy (non-hydrogen) atoms. The Morgan fingerprint density at radius 2 is 1.02 bits per heavy atom. The van der Waals surface area contributed by atoms with Crippen LogP contribution in [0.2, 0.25) is 0 Å². The maximum Gasteiger partial charge on any atom is 0.370 e. The van der Waals surface area contributed by atoms with Crippen LogP contribution in [-0.2, 0) is 97.4 Å². The van der Waals surface area contributed by atoms with Gasteiger partial charge in [0, 0.05) is 82.7 Å². The van der Waals surface area contributed by atoms with Crippen molar-refractivity contribution in [2.24, 2.45) is 44.8 Å². The van der Waals surface area contributed by atoms with E-state index in [9.17, 15) is 64.2 Å². The number of carboxylic acid groups (broad SMARTS) is 2. The molecule has 36 nitrogen and oxygen atoms in total. The quantitative estimate of drug-likeness (QED) is 0.0167. The summed E-state index contributed by atoms with van der Waals surface area (Å²) in [5.41, 5.74) is 23.3. The summed E-state index contributed by atoms with van der Waals surface area (Å²) < 4.78 is 47.9. The molecule has 0 aromatic carbocycles. The monoisotopic (exact) mass is 1280 g/mol. The number of guanidine groups is 2. The summed E-state index contributed by atoms with van der Waals surface area (Å²) in [6.45, 7) is 5.23. The van der Waals surface area contributed by atoms with Crippen LogP contribution in [0.1, 0.15) is 57.8 Å². The lowest BCUT2D eigenvalue weighted by Crippen LogP contribution is -2.53. The van der Waals surface area contributed by atoms with E-state index in [1.165, 1.54) is 23.2 Å². The fraction of sp³-hybridized carbons (Fsp3) is 0.685. The fourth-order valence-corrected chi connectivity index (χ4v) is 9.42. The number of aliphatic carboxylic acids is 2. The van der Waals surface area contributed by atoms with Crippen molar-refractivity contribution in [2.75, 3.05) is 105 Å². The Hall–Kier alpha value is -7.81. The molecule has 2 aliphatic heterocycles. The summed E-state index contributed by atoms with van der Waals surface area (Å²) in [6.07, 6.45) is -2.93. The van der Waals surface area contributed by atoms with Gasteiger partial charge in [0.1, 0.15) is 61.4 Å². The average Bonchev–Trinajstić information content (AvgIpc) is 1.19. The first-order chi connectivity index (χ1) is 43.0. The van der Waals surface area contributed by atoms with Crippen molar-refractivity contribution >= 4 is 53.1 Å². The van der Waals surface area contributed by atoms with E-state index in [2.05, 4.69) is 41.2 Å². The van der Waals surface area contributed by atoms with Crippen LogP contribution in [0.25, 0.3) is 0 Å². The van der Waals surface area contributed by atoms with E-state index in [1.807, 2.05) is 6.92 Å². The Morgan fingerprint density at radius 3 is 1.38 bits per heavy atom. The van der Waals surface area contributed by atoms with Gasteiger partial charge in [0.2, 0.25) is 29.2 Å². The minimum absolute atomic E-state index is 0.0233. The third-order valence-corrected chi connectivity index (χ3v) is 13.6. The number of ether oxygens (including phenoxy) is 8. The summed E-state index contributed by atoms with van der Waals surface area (Å²) >= 11 is 0. The van der Waals surface area contributed by atoms with E-state index < -0.39 is 134 Å². The van der Waals surface area contributed by atoms with Gasteiger partial charge in [0.25, 0.3) is 0 Å². The van der Waals surface area contributed by atoms with E-state index in [-0.39, 0.29) is 109 Å². The highest BCUT2D eigenvalue weighted by molar-refractivity contribution is 5.86. The van der Waals surface area contributed by atoms with Crippen LogP contribution in [0, 0.1) is 11.8 Å². The molecule has 2 aliphatic rings. The number of Topliss-reactive ketones (excluding diaryl/α,β-unsaturated/α-hetero) is 2. The molecule has 2 aromatic heterocycles. The van der Waals surface area contributed by atoms with Gasteiger partial charge in [-0.05, 0) is 32.4 Å². The zero-order valence-electron chi connectivity index (χ0n) is 50.7. The van der Waals surface area contributed by atoms with Crippen molar-refractivity contribution in [3.8, 4) is 0 Å². The van der Waals surface area contributed by atoms with Crippen molar-refractivity contribution in [1.29, 1.82) is 0 Å². The van der Waals surface area contributed by atoms with Crippen LogP contribution < -0.4 is 33.6 Å². The van der Waals surface area contributed by atoms with E-state index >= 15 is 0 Å². The predicted octanol–water partition coefficient (Wildman–Crippen LogP) is -5.73. The lowest BCUT2D eigenvalue weighted by molar-refractivity contribution is -0.162. The van der Waals surface area contributed by atoms with Crippen LogP contribution >= 0.6 is 0 Å². The van der Waals surface area contributed by atoms with Gasteiger partial charge in [-0.3, -0.25) is 23.7 Å². The number of hydrogen-bond donors (Lipinski definition) is 12. The van der Waals surface area contributed by atoms with E-state index in [1.54, 1.807) is 17.3 Å². The molecule has 0 bridgehead atoms. The topological polar surface area (TPSA) is 532 Å². The number of carbonyl (C=O) groups is 7. The molecule has 3 amide bonds. The number of nitrogens with two attached hydrogens (primary N) is 4. The van der Waals surface area contributed by atoms with Gasteiger partial charge in [0.05, 0.1) is 102 Å². The van der Waals surface area contributed by atoms with Crippen LogP contribution in [0.3, 0.4) is 0 Å². The fourth-order valence-electron chi connectivity index (χ4n) is 9.42. The molecule has 4 rings (SSSR count). The number of carbonyl (C=O) groups excluding carboxylic acids is 5. The van der Waals surface area contributed by atoms with Gasteiger partial charge in [-0.25, -0.2) is 19.6 Å². The van der Waals surface area contributed by atoms with Gasteiger partial charge >= 0.3 is 11.9 Å². The van der Waals surface area contributed by atoms with Crippen LogP contribution in [0.15, 0.2) is 46.0 Å².